The molecule has 0 aliphatic rings. The summed E-state index contributed by atoms with van der Waals surface area (Å²) >= 11 is 0. The van der Waals surface area contributed by atoms with E-state index in [4.69, 9.17) is 4.74 Å². The molecule has 2 unspecified atom stereocenters. The minimum atomic E-state index is -0.843. The van der Waals surface area contributed by atoms with E-state index in [1.54, 1.807) is 6.08 Å². The molecule has 0 aromatic heterocycles. The molecule has 3 N–H and O–H groups in total. The number of rotatable bonds is 64. The lowest BCUT2D eigenvalue weighted by molar-refractivity contribution is -0.143. The van der Waals surface area contributed by atoms with E-state index in [0.717, 1.165) is 38.5 Å². The van der Waals surface area contributed by atoms with Crippen molar-refractivity contribution in [1.29, 1.82) is 0 Å². The zero-order valence-corrected chi connectivity index (χ0v) is 50.4. The number of aliphatic hydroxyl groups excluding tert-OH is 2. The van der Waals surface area contributed by atoms with Crippen LogP contribution in [0.5, 0.6) is 0 Å². The minimum Gasteiger partial charge on any atom is -0.466 e. The van der Waals surface area contributed by atoms with E-state index >= 15 is 0 Å². The van der Waals surface area contributed by atoms with E-state index in [1.165, 1.54) is 321 Å². The number of hydrogen-bond acceptors (Lipinski definition) is 5. The molecule has 0 aliphatic heterocycles. The average Bonchev–Trinajstić information content (AvgIpc) is 3.40. The van der Waals surface area contributed by atoms with Crippen molar-refractivity contribution in [3.05, 3.63) is 12.2 Å². The number of unbranched alkanes of at least 4 members (excludes halogenated alkanes) is 53. The number of esters is 1. The standard InChI is InChI=1S/C68H133NO5/c1-3-5-7-9-11-13-15-17-19-20-30-34-38-42-46-50-54-58-62-68(73)74-63-59-55-51-47-43-39-35-31-28-26-24-22-21-23-25-27-29-33-37-41-45-49-53-57-61-67(72)69-65(64-70)66(71)60-56-52-48-44-40-36-32-18-16-14-12-10-8-6-4-2/h56,60,65-66,70-71H,3-55,57-59,61-64H2,1-2H3,(H,69,72)/b60-56+. The quantitative estimate of drug-likeness (QED) is 0.0320. The van der Waals surface area contributed by atoms with E-state index in [1.807, 2.05) is 6.08 Å². The first kappa shape index (κ1) is 72.6. The van der Waals surface area contributed by atoms with Crippen LogP contribution in [-0.2, 0) is 14.3 Å². The third-order valence-corrected chi connectivity index (χ3v) is 16.1. The molecule has 0 aromatic carbocycles. The number of hydrogen-bond donors (Lipinski definition) is 3. The van der Waals surface area contributed by atoms with Crippen LogP contribution in [0.15, 0.2) is 12.2 Å². The van der Waals surface area contributed by atoms with Crippen molar-refractivity contribution in [1.82, 2.24) is 5.32 Å². The highest BCUT2D eigenvalue weighted by Gasteiger charge is 2.18. The Morgan fingerprint density at radius 1 is 0.365 bits per heavy atom. The van der Waals surface area contributed by atoms with Crippen LogP contribution in [0.2, 0.25) is 0 Å². The van der Waals surface area contributed by atoms with Crippen molar-refractivity contribution in [2.45, 2.75) is 398 Å². The first-order valence-corrected chi connectivity index (χ1v) is 34.0. The fraction of sp³-hybridized carbons (Fsp3) is 0.941. The summed E-state index contributed by atoms with van der Waals surface area (Å²) < 4.78 is 5.51. The second-order valence-electron chi connectivity index (χ2n) is 23.5. The third-order valence-electron chi connectivity index (χ3n) is 16.1. The summed E-state index contributed by atoms with van der Waals surface area (Å²) in [7, 11) is 0. The molecule has 1 amide bonds. The topological polar surface area (TPSA) is 95.9 Å². The van der Waals surface area contributed by atoms with Crippen LogP contribution in [0.1, 0.15) is 386 Å². The highest BCUT2D eigenvalue weighted by atomic mass is 16.5. The Bertz CT molecular complexity index is 1110. The second-order valence-corrected chi connectivity index (χ2v) is 23.5. The molecule has 6 nitrogen and oxygen atoms in total. The van der Waals surface area contributed by atoms with Crippen molar-refractivity contribution in [3.8, 4) is 0 Å². The maximum Gasteiger partial charge on any atom is 0.305 e. The molecular formula is C68H133NO5. The highest BCUT2D eigenvalue weighted by Crippen LogP contribution is 2.19. The lowest BCUT2D eigenvalue weighted by Gasteiger charge is -2.20. The largest absolute Gasteiger partial charge is 0.466 e. The fourth-order valence-electron chi connectivity index (χ4n) is 10.9. The normalized spacial score (nSPS) is 12.5. The molecule has 0 radical (unpaired) electrons. The SMILES string of the molecule is CCCCCCCCCCCCCCC/C=C/C(O)C(CO)NC(=O)CCCCCCCCCCCCCCCCCCCCCCCCCCOC(=O)CCCCCCCCCCCCCCCCCCCC. The van der Waals surface area contributed by atoms with Gasteiger partial charge in [0, 0.05) is 12.8 Å². The van der Waals surface area contributed by atoms with Crippen LogP contribution in [-0.4, -0.2) is 47.4 Å². The maximum absolute atomic E-state index is 12.5. The molecule has 0 fully saturated rings. The molecular weight excluding hydrogens is 911 g/mol. The molecule has 6 heteroatoms. The third kappa shape index (κ3) is 59.8. The predicted octanol–water partition coefficient (Wildman–Crippen LogP) is 21.6. The van der Waals surface area contributed by atoms with E-state index < -0.39 is 12.1 Å². The van der Waals surface area contributed by atoms with Gasteiger partial charge in [-0.25, -0.2) is 0 Å². The average molecular weight is 1040 g/mol. The van der Waals surface area contributed by atoms with Gasteiger partial charge >= 0.3 is 5.97 Å². The number of carbonyl (C=O) groups excluding carboxylic acids is 2. The van der Waals surface area contributed by atoms with Crippen LogP contribution in [0.3, 0.4) is 0 Å². The first-order chi connectivity index (χ1) is 36.5. The Labute approximate surface area is 463 Å². The van der Waals surface area contributed by atoms with Gasteiger partial charge in [0.2, 0.25) is 5.91 Å². The van der Waals surface area contributed by atoms with Crippen molar-refractivity contribution >= 4 is 11.9 Å². The minimum absolute atomic E-state index is 0.0203. The molecule has 0 saturated carbocycles. The van der Waals surface area contributed by atoms with E-state index in [9.17, 15) is 19.8 Å². The molecule has 2 atom stereocenters. The van der Waals surface area contributed by atoms with Crippen molar-refractivity contribution in [2.24, 2.45) is 0 Å². The highest BCUT2D eigenvalue weighted by molar-refractivity contribution is 5.76. The van der Waals surface area contributed by atoms with Crippen LogP contribution >= 0.6 is 0 Å². The van der Waals surface area contributed by atoms with Gasteiger partial charge in [0.05, 0.1) is 25.4 Å². The van der Waals surface area contributed by atoms with Gasteiger partial charge in [0.15, 0.2) is 0 Å². The summed E-state index contributed by atoms with van der Waals surface area (Å²) in [6, 6.07) is -0.626. The summed E-state index contributed by atoms with van der Waals surface area (Å²) in [4.78, 5) is 24.6. The number of allylic oxidation sites excluding steroid dienone is 1. The zero-order valence-electron chi connectivity index (χ0n) is 50.4. The number of amides is 1. The van der Waals surface area contributed by atoms with E-state index in [2.05, 4.69) is 19.2 Å². The Morgan fingerprint density at radius 3 is 0.919 bits per heavy atom. The van der Waals surface area contributed by atoms with E-state index in [-0.39, 0.29) is 18.5 Å². The van der Waals surface area contributed by atoms with Gasteiger partial charge in [-0.05, 0) is 32.1 Å². The van der Waals surface area contributed by atoms with Gasteiger partial charge in [-0.3, -0.25) is 9.59 Å². The Morgan fingerprint density at radius 2 is 0.622 bits per heavy atom. The number of ether oxygens (including phenoxy) is 1. The summed E-state index contributed by atoms with van der Waals surface area (Å²) in [6.07, 6.45) is 78.5. The van der Waals surface area contributed by atoms with Crippen LogP contribution in [0.25, 0.3) is 0 Å². The first-order valence-electron chi connectivity index (χ1n) is 34.0. The molecule has 0 rings (SSSR count). The van der Waals surface area contributed by atoms with Gasteiger partial charge in [0.1, 0.15) is 0 Å². The number of aliphatic hydroxyl groups is 2. The second kappa shape index (κ2) is 64.1. The van der Waals surface area contributed by atoms with Gasteiger partial charge in [-0.1, -0.05) is 353 Å². The summed E-state index contributed by atoms with van der Waals surface area (Å²) in [5.74, 6) is -0.0438. The molecule has 0 bridgehead atoms. The summed E-state index contributed by atoms with van der Waals surface area (Å²) in [5, 5.41) is 23.2. The maximum atomic E-state index is 12.5. The lowest BCUT2D eigenvalue weighted by atomic mass is 10.0. The van der Waals surface area contributed by atoms with Gasteiger partial charge in [0.25, 0.3) is 0 Å². The van der Waals surface area contributed by atoms with Crippen molar-refractivity contribution in [3.63, 3.8) is 0 Å². The lowest BCUT2D eigenvalue weighted by Crippen LogP contribution is -2.45. The molecule has 74 heavy (non-hydrogen) atoms. The van der Waals surface area contributed by atoms with Crippen molar-refractivity contribution < 1.29 is 24.5 Å². The Hall–Kier alpha value is -1.40. The molecule has 0 spiro atoms. The van der Waals surface area contributed by atoms with Gasteiger partial charge in [-0.15, -0.1) is 0 Å². The smallest absolute Gasteiger partial charge is 0.305 e. The molecule has 0 aromatic rings. The van der Waals surface area contributed by atoms with Gasteiger partial charge < -0.3 is 20.3 Å². The zero-order chi connectivity index (χ0) is 53.6. The van der Waals surface area contributed by atoms with Gasteiger partial charge in [-0.2, -0.15) is 0 Å². The van der Waals surface area contributed by atoms with Crippen LogP contribution < -0.4 is 5.32 Å². The molecule has 440 valence electrons. The number of nitrogens with one attached hydrogen (secondary N) is 1. The Balaban J connectivity index is 3.35. The molecule has 0 saturated heterocycles. The van der Waals surface area contributed by atoms with E-state index in [0.29, 0.717) is 19.4 Å². The molecule has 0 heterocycles. The summed E-state index contributed by atoms with van der Waals surface area (Å²) in [5.41, 5.74) is 0. The Kier molecular flexibility index (Phi) is 62.9. The fourth-order valence-corrected chi connectivity index (χ4v) is 10.9. The van der Waals surface area contributed by atoms with Crippen LogP contribution in [0, 0.1) is 0 Å². The van der Waals surface area contributed by atoms with Crippen molar-refractivity contribution in [2.75, 3.05) is 13.2 Å². The predicted molar refractivity (Wildman–Crippen MR) is 324 cm³/mol. The van der Waals surface area contributed by atoms with Crippen LogP contribution in [0.4, 0.5) is 0 Å². The number of carbonyl (C=O) groups is 2. The monoisotopic (exact) mass is 1040 g/mol. The molecule has 0 aliphatic carbocycles. The summed E-state index contributed by atoms with van der Waals surface area (Å²) in [6.45, 7) is 4.94.